The number of nitrogens with one attached hydrogen (secondary N) is 1. The Bertz CT molecular complexity index is 815. The Morgan fingerprint density at radius 1 is 1.14 bits per heavy atom. The largest absolute Gasteiger partial charge is 0.493 e. The van der Waals surface area contributed by atoms with Crippen molar-refractivity contribution in [1.82, 2.24) is 0 Å². The van der Waals surface area contributed by atoms with Crippen LogP contribution in [0.2, 0.25) is 0 Å². The second kappa shape index (κ2) is 8.22. The molecule has 0 unspecified atom stereocenters. The fraction of sp³-hybridized carbons (Fsp3) is 0.381. The molecule has 1 aliphatic rings. The second-order valence-electron chi connectivity index (χ2n) is 6.66. The lowest BCUT2D eigenvalue weighted by molar-refractivity contribution is -0.139. The van der Waals surface area contributed by atoms with Crippen LogP contribution in [0.1, 0.15) is 30.9 Å². The highest BCUT2D eigenvalue weighted by atomic mass is 19.4. The van der Waals surface area contributed by atoms with E-state index < -0.39 is 17.2 Å². The van der Waals surface area contributed by atoms with E-state index in [1.807, 2.05) is 30.3 Å². The number of anilines is 1. The maximum absolute atomic E-state index is 13.4. The molecule has 7 heteroatoms. The van der Waals surface area contributed by atoms with E-state index in [0.29, 0.717) is 26.1 Å². The molecular formula is C21H22F3NO3. The molecule has 28 heavy (non-hydrogen) atoms. The van der Waals surface area contributed by atoms with Gasteiger partial charge in [-0.25, -0.2) is 0 Å². The van der Waals surface area contributed by atoms with Crippen molar-refractivity contribution < 1.29 is 27.4 Å². The Hall–Kier alpha value is -2.54. The van der Waals surface area contributed by atoms with Crippen LogP contribution in [0, 0.1) is 0 Å². The van der Waals surface area contributed by atoms with Crippen LogP contribution in [0.15, 0.2) is 48.5 Å². The summed E-state index contributed by atoms with van der Waals surface area (Å²) in [6.07, 6.45) is -3.65. The number of alkyl halides is 3. The predicted molar refractivity (Wildman–Crippen MR) is 99.4 cm³/mol. The number of benzene rings is 2. The van der Waals surface area contributed by atoms with E-state index in [9.17, 15) is 18.0 Å². The van der Waals surface area contributed by atoms with Crippen LogP contribution in [0.25, 0.3) is 0 Å². The summed E-state index contributed by atoms with van der Waals surface area (Å²) in [5.74, 6) is -0.587. The number of amides is 1. The molecule has 0 bridgehead atoms. The van der Waals surface area contributed by atoms with Crippen molar-refractivity contribution in [1.29, 1.82) is 0 Å². The van der Waals surface area contributed by atoms with Crippen LogP contribution >= 0.6 is 0 Å². The summed E-state index contributed by atoms with van der Waals surface area (Å²) in [5, 5.41) is 2.68. The van der Waals surface area contributed by atoms with Crippen LogP contribution in [0.3, 0.4) is 0 Å². The van der Waals surface area contributed by atoms with E-state index in [4.69, 9.17) is 9.47 Å². The van der Waals surface area contributed by atoms with E-state index in [0.717, 1.165) is 11.6 Å². The third kappa shape index (κ3) is 4.14. The molecule has 1 aliphatic heterocycles. The van der Waals surface area contributed by atoms with Gasteiger partial charge >= 0.3 is 6.18 Å². The van der Waals surface area contributed by atoms with Crippen molar-refractivity contribution in [2.24, 2.45) is 0 Å². The van der Waals surface area contributed by atoms with E-state index in [-0.39, 0.29) is 24.0 Å². The SMILES string of the molecule is CCOc1ccc(NC(=O)C2(c3ccccc3)CCOCC2)cc1C(F)(F)F. The highest BCUT2D eigenvalue weighted by Gasteiger charge is 2.42. The molecular weight excluding hydrogens is 371 g/mol. The average molecular weight is 393 g/mol. The lowest BCUT2D eigenvalue weighted by Gasteiger charge is -2.36. The topological polar surface area (TPSA) is 47.6 Å². The Kier molecular flexibility index (Phi) is 5.93. The van der Waals surface area contributed by atoms with E-state index >= 15 is 0 Å². The number of ether oxygens (including phenoxy) is 2. The Morgan fingerprint density at radius 2 is 1.82 bits per heavy atom. The zero-order chi connectivity index (χ0) is 20.2. The third-order valence-corrected chi connectivity index (χ3v) is 4.95. The summed E-state index contributed by atoms with van der Waals surface area (Å²) in [6, 6.07) is 12.9. The standard InChI is InChI=1S/C21H22F3NO3/c1-2-28-18-9-8-16(14-17(18)21(22,23)24)25-19(26)20(10-12-27-13-11-20)15-6-4-3-5-7-15/h3-9,14H,2,10-13H2,1H3,(H,25,26). The fourth-order valence-electron chi connectivity index (χ4n) is 3.49. The van der Waals surface area contributed by atoms with Gasteiger partial charge in [-0.1, -0.05) is 30.3 Å². The first-order chi connectivity index (χ1) is 13.4. The zero-order valence-electron chi connectivity index (χ0n) is 15.5. The van der Waals surface area contributed by atoms with Crippen molar-refractivity contribution in [2.45, 2.75) is 31.4 Å². The molecule has 0 aromatic heterocycles. The Labute approximate surface area is 161 Å². The van der Waals surface area contributed by atoms with Crippen LogP contribution in [0.5, 0.6) is 5.75 Å². The third-order valence-electron chi connectivity index (χ3n) is 4.95. The molecule has 3 rings (SSSR count). The van der Waals surface area contributed by atoms with Crippen molar-refractivity contribution in [3.05, 3.63) is 59.7 Å². The van der Waals surface area contributed by atoms with E-state index in [1.165, 1.54) is 12.1 Å². The average Bonchev–Trinajstić information content (AvgIpc) is 2.69. The summed E-state index contributed by atoms with van der Waals surface area (Å²) in [5.41, 5.74) is -0.829. The number of hydrogen-bond acceptors (Lipinski definition) is 3. The lowest BCUT2D eigenvalue weighted by atomic mass is 9.73. The van der Waals surface area contributed by atoms with Gasteiger partial charge in [0.05, 0.1) is 17.6 Å². The minimum absolute atomic E-state index is 0.0857. The molecule has 2 aromatic carbocycles. The van der Waals surface area contributed by atoms with Gasteiger partial charge in [0.15, 0.2) is 0 Å². The molecule has 4 nitrogen and oxygen atoms in total. The molecule has 0 aliphatic carbocycles. The number of hydrogen-bond donors (Lipinski definition) is 1. The van der Waals surface area contributed by atoms with Crippen molar-refractivity contribution in [2.75, 3.05) is 25.1 Å². The maximum atomic E-state index is 13.4. The van der Waals surface area contributed by atoms with Gasteiger partial charge in [0.25, 0.3) is 0 Å². The van der Waals surface area contributed by atoms with Gasteiger partial charge in [0, 0.05) is 18.9 Å². The monoisotopic (exact) mass is 393 g/mol. The summed E-state index contributed by atoms with van der Waals surface area (Å²) in [4.78, 5) is 13.2. The summed E-state index contributed by atoms with van der Waals surface area (Å²) in [6.45, 7) is 2.56. The van der Waals surface area contributed by atoms with Crippen molar-refractivity contribution >= 4 is 11.6 Å². The quantitative estimate of drug-likeness (QED) is 0.795. The van der Waals surface area contributed by atoms with E-state index in [1.54, 1.807) is 6.92 Å². The van der Waals surface area contributed by atoms with Gasteiger partial charge < -0.3 is 14.8 Å². The van der Waals surface area contributed by atoms with Crippen LogP contribution in [-0.2, 0) is 21.1 Å². The molecule has 0 atom stereocenters. The highest BCUT2D eigenvalue weighted by molar-refractivity contribution is 5.99. The minimum atomic E-state index is -4.58. The van der Waals surface area contributed by atoms with Crippen molar-refractivity contribution in [3.63, 3.8) is 0 Å². The smallest absolute Gasteiger partial charge is 0.420 e. The summed E-state index contributed by atoms with van der Waals surface area (Å²) in [7, 11) is 0. The first kappa shape index (κ1) is 20.2. The molecule has 1 heterocycles. The normalized spacial score (nSPS) is 16.4. The second-order valence-corrected chi connectivity index (χ2v) is 6.66. The molecule has 1 saturated heterocycles. The molecule has 1 amide bonds. The first-order valence-corrected chi connectivity index (χ1v) is 9.15. The van der Waals surface area contributed by atoms with Crippen LogP contribution in [0.4, 0.5) is 18.9 Å². The molecule has 0 saturated carbocycles. The van der Waals surface area contributed by atoms with Gasteiger partial charge in [-0.3, -0.25) is 4.79 Å². The first-order valence-electron chi connectivity index (χ1n) is 9.15. The Morgan fingerprint density at radius 3 is 2.43 bits per heavy atom. The Balaban J connectivity index is 1.92. The van der Waals surface area contributed by atoms with Gasteiger partial charge in [-0.2, -0.15) is 13.2 Å². The predicted octanol–water partition coefficient (Wildman–Crippen LogP) is 4.79. The molecule has 1 N–H and O–H groups in total. The molecule has 0 radical (unpaired) electrons. The number of carbonyl (C=O) groups excluding carboxylic acids is 1. The summed E-state index contributed by atoms with van der Waals surface area (Å²) >= 11 is 0. The highest BCUT2D eigenvalue weighted by Crippen LogP contribution is 2.39. The number of rotatable bonds is 5. The van der Waals surface area contributed by atoms with Crippen LogP contribution in [-0.4, -0.2) is 25.7 Å². The zero-order valence-corrected chi connectivity index (χ0v) is 15.5. The van der Waals surface area contributed by atoms with Gasteiger partial charge in [-0.15, -0.1) is 0 Å². The van der Waals surface area contributed by atoms with Gasteiger partial charge in [0.2, 0.25) is 5.91 Å². The molecule has 150 valence electrons. The van der Waals surface area contributed by atoms with Gasteiger partial charge in [-0.05, 0) is 43.5 Å². The number of halogens is 3. The van der Waals surface area contributed by atoms with E-state index in [2.05, 4.69) is 5.32 Å². The van der Waals surface area contributed by atoms with Crippen molar-refractivity contribution in [3.8, 4) is 5.75 Å². The number of carbonyl (C=O) groups is 1. The molecule has 0 spiro atoms. The maximum Gasteiger partial charge on any atom is 0.420 e. The molecule has 1 fully saturated rings. The molecule has 2 aromatic rings. The summed E-state index contributed by atoms with van der Waals surface area (Å²) < 4.78 is 50.6. The lowest BCUT2D eigenvalue weighted by Crippen LogP contribution is -2.44. The fourth-order valence-corrected chi connectivity index (χ4v) is 3.49. The van der Waals surface area contributed by atoms with Gasteiger partial charge in [0.1, 0.15) is 5.75 Å². The minimum Gasteiger partial charge on any atom is -0.493 e. The van der Waals surface area contributed by atoms with Crippen LogP contribution < -0.4 is 10.1 Å².